The topological polar surface area (TPSA) is 80.4 Å². The minimum atomic E-state index is -3.72. The van der Waals surface area contributed by atoms with Crippen LogP contribution in [0.4, 0.5) is 5.69 Å². The lowest BCUT2D eigenvalue weighted by molar-refractivity contribution is 0.268. The quantitative estimate of drug-likeness (QED) is 0.793. The zero-order valence-electron chi connectivity index (χ0n) is 9.29. The van der Waals surface area contributed by atoms with Gasteiger partial charge in [-0.1, -0.05) is 24.3 Å². The average molecular weight is 251 g/mol. The summed E-state index contributed by atoms with van der Waals surface area (Å²) >= 11 is 0. The van der Waals surface area contributed by atoms with Crippen molar-refractivity contribution in [2.24, 2.45) is 0 Å². The van der Waals surface area contributed by atoms with E-state index < -0.39 is 15.3 Å². The number of aliphatic hydroxyl groups excluding tert-OH is 1. The molecular weight excluding hydrogens is 238 g/mol. The van der Waals surface area contributed by atoms with Gasteiger partial charge in [0.05, 0.1) is 4.90 Å². The van der Waals surface area contributed by atoms with Gasteiger partial charge in [0, 0.05) is 16.5 Å². The van der Waals surface area contributed by atoms with Crippen LogP contribution in [0.15, 0.2) is 41.3 Å². The van der Waals surface area contributed by atoms with Crippen molar-refractivity contribution in [2.45, 2.75) is 17.3 Å². The SMILES string of the molecule is CC(O)S(=O)(=O)c1ccc(N)c2ccccc12. The molecule has 0 aliphatic rings. The van der Waals surface area contributed by atoms with Gasteiger partial charge in [-0.15, -0.1) is 0 Å². The van der Waals surface area contributed by atoms with Crippen molar-refractivity contribution in [1.29, 1.82) is 0 Å². The third kappa shape index (κ3) is 1.87. The van der Waals surface area contributed by atoms with E-state index in [-0.39, 0.29) is 4.90 Å². The summed E-state index contributed by atoms with van der Waals surface area (Å²) in [6.07, 6.45) is 0. The van der Waals surface area contributed by atoms with Crippen LogP contribution >= 0.6 is 0 Å². The molecule has 17 heavy (non-hydrogen) atoms. The smallest absolute Gasteiger partial charge is 0.205 e. The summed E-state index contributed by atoms with van der Waals surface area (Å²) in [5.41, 5.74) is 4.87. The van der Waals surface area contributed by atoms with Crippen molar-refractivity contribution >= 4 is 26.3 Å². The third-order valence-electron chi connectivity index (χ3n) is 2.67. The Balaban J connectivity index is 2.86. The highest BCUT2D eigenvalue weighted by atomic mass is 32.2. The second-order valence-corrected chi connectivity index (χ2v) is 6.05. The van der Waals surface area contributed by atoms with E-state index in [0.717, 1.165) is 0 Å². The highest BCUT2D eigenvalue weighted by Crippen LogP contribution is 2.29. The summed E-state index contributed by atoms with van der Waals surface area (Å²) in [5, 5.41) is 10.6. The number of nitrogen functional groups attached to an aromatic ring is 1. The Hall–Kier alpha value is -1.59. The number of nitrogens with two attached hydrogens (primary N) is 1. The van der Waals surface area contributed by atoms with Gasteiger partial charge in [0.1, 0.15) is 0 Å². The molecule has 0 spiro atoms. The zero-order chi connectivity index (χ0) is 12.6. The number of hydrogen-bond acceptors (Lipinski definition) is 4. The normalized spacial score (nSPS) is 13.8. The van der Waals surface area contributed by atoms with E-state index in [2.05, 4.69) is 0 Å². The first-order valence-corrected chi connectivity index (χ1v) is 6.68. The Morgan fingerprint density at radius 1 is 1.12 bits per heavy atom. The Labute approximate surface area is 99.6 Å². The molecule has 2 aromatic rings. The molecule has 5 heteroatoms. The number of rotatable bonds is 2. The minimum absolute atomic E-state index is 0.109. The molecule has 2 aromatic carbocycles. The van der Waals surface area contributed by atoms with Gasteiger partial charge in [-0.25, -0.2) is 8.42 Å². The molecule has 4 nitrogen and oxygen atoms in total. The molecule has 0 bridgehead atoms. The van der Waals surface area contributed by atoms with Crippen molar-refractivity contribution in [3.8, 4) is 0 Å². The fraction of sp³-hybridized carbons (Fsp3) is 0.167. The van der Waals surface area contributed by atoms with Gasteiger partial charge in [0.2, 0.25) is 9.84 Å². The highest BCUT2D eigenvalue weighted by molar-refractivity contribution is 7.92. The molecule has 0 saturated heterocycles. The van der Waals surface area contributed by atoms with E-state index >= 15 is 0 Å². The molecular formula is C12H13NO3S. The molecule has 90 valence electrons. The van der Waals surface area contributed by atoms with Crippen LogP contribution < -0.4 is 5.73 Å². The van der Waals surface area contributed by atoms with E-state index in [4.69, 9.17) is 5.73 Å². The van der Waals surface area contributed by atoms with Gasteiger partial charge in [-0.05, 0) is 19.1 Å². The third-order valence-corrected chi connectivity index (χ3v) is 4.54. The highest BCUT2D eigenvalue weighted by Gasteiger charge is 2.23. The molecule has 0 fully saturated rings. The second-order valence-electron chi connectivity index (χ2n) is 3.84. The zero-order valence-corrected chi connectivity index (χ0v) is 10.1. The molecule has 0 radical (unpaired) electrons. The Kier molecular flexibility index (Phi) is 2.81. The number of anilines is 1. The molecule has 1 atom stereocenters. The molecule has 0 aliphatic heterocycles. The molecule has 0 saturated carbocycles. The van der Waals surface area contributed by atoms with Crippen LogP contribution in [0, 0.1) is 0 Å². The lowest BCUT2D eigenvalue weighted by Crippen LogP contribution is -2.17. The van der Waals surface area contributed by atoms with E-state index in [1.807, 2.05) is 0 Å². The van der Waals surface area contributed by atoms with Gasteiger partial charge < -0.3 is 10.8 Å². The van der Waals surface area contributed by atoms with E-state index in [1.165, 1.54) is 19.1 Å². The lowest BCUT2D eigenvalue weighted by Gasteiger charge is -2.11. The van der Waals surface area contributed by atoms with Crippen molar-refractivity contribution < 1.29 is 13.5 Å². The fourth-order valence-electron chi connectivity index (χ4n) is 1.73. The van der Waals surface area contributed by atoms with Crippen LogP contribution in [-0.2, 0) is 9.84 Å². The molecule has 0 heterocycles. The van der Waals surface area contributed by atoms with E-state index in [1.54, 1.807) is 24.3 Å². The molecule has 0 aliphatic carbocycles. The maximum Gasteiger partial charge on any atom is 0.205 e. The number of sulfone groups is 1. The van der Waals surface area contributed by atoms with Gasteiger partial charge in [0.15, 0.2) is 5.44 Å². The largest absolute Gasteiger partial charge is 0.398 e. The minimum Gasteiger partial charge on any atom is -0.398 e. The summed E-state index contributed by atoms with van der Waals surface area (Å²) in [6, 6.07) is 9.93. The predicted molar refractivity (Wildman–Crippen MR) is 67.2 cm³/mol. The monoisotopic (exact) mass is 251 g/mol. The van der Waals surface area contributed by atoms with Crippen LogP contribution in [0.5, 0.6) is 0 Å². The van der Waals surface area contributed by atoms with Crippen molar-refractivity contribution in [3.63, 3.8) is 0 Å². The molecule has 2 rings (SSSR count). The van der Waals surface area contributed by atoms with Crippen molar-refractivity contribution in [2.75, 3.05) is 5.73 Å². The van der Waals surface area contributed by atoms with Gasteiger partial charge >= 0.3 is 0 Å². The van der Waals surface area contributed by atoms with E-state index in [9.17, 15) is 13.5 Å². The Bertz CT molecular complexity index is 663. The summed E-state index contributed by atoms with van der Waals surface area (Å²) in [6.45, 7) is 1.24. The second kappa shape index (κ2) is 4.01. The van der Waals surface area contributed by atoms with Crippen LogP contribution in [-0.4, -0.2) is 19.0 Å². The van der Waals surface area contributed by atoms with Crippen molar-refractivity contribution in [1.82, 2.24) is 0 Å². The molecule has 3 N–H and O–H groups in total. The number of benzene rings is 2. The Morgan fingerprint density at radius 2 is 1.71 bits per heavy atom. The van der Waals surface area contributed by atoms with Gasteiger partial charge in [-0.2, -0.15) is 0 Å². The first-order valence-electron chi connectivity index (χ1n) is 5.14. The van der Waals surface area contributed by atoms with Crippen LogP contribution in [0.3, 0.4) is 0 Å². The maximum atomic E-state index is 12.0. The maximum absolute atomic E-state index is 12.0. The predicted octanol–water partition coefficient (Wildman–Crippen LogP) is 1.53. The standard InChI is InChI=1S/C12H13NO3S/c1-8(14)17(15,16)12-7-6-11(13)9-4-2-3-5-10(9)12/h2-8,14H,13H2,1H3. The molecule has 0 amide bonds. The van der Waals surface area contributed by atoms with E-state index in [0.29, 0.717) is 16.5 Å². The molecule has 1 unspecified atom stereocenters. The van der Waals surface area contributed by atoms with Gasteiger partial charge in [0.25, 0.3) is 0 Å². The Morgan fingerprint density at radius 3 is 2.29 bits per heavy atom. The van der Waals surface area contributed by atoms with Crippen LogP contribution in [0.25, 0.3) is 10.8 Å². The van der Waals surface area contributed by atoms with Crippen molar-refractivity contribution in [3.05, 3.63) is 36.4 Å². The van der Waals surface area contributed by atoms with Gasteiger partial charge in [-0.3, -0.25) is 0 Å². The number of aliphatic hydroxyl groups is 1. The van der Waals surface area contributed by atoms with Crippen LogP contribution in [0.1, 0.15) is 6.92 Å². The summed E-state index contributed by atoms with van der Waals surface area (Å²) < 4.78 is 23.9. The number of hydrogen-bond donors (Lipinski definition) is 2. The summed E-state index contributed by atoms with van der Waals surface area (Å²) in [5.74, 6) is 0. The molecule has 0 aromatic heterocycles. The average Bonchev–Trinajstić information content (AvgIpc) is 2.29. The summed E-state index contributed by atoms with van der Waals surface area (Å²) in [4.78, 5) is 0.109. The summed E-state index contributed by atoms with van der Waals surface area (Å²) in [7, 11) is -3.72. The number of fused-ring (bicyclic) bond motifs is 1. The first-order chi connectivity index (χ1) is 7.94. The lowest BCUT2D eigenvalue weighted by atomic mass is 10.1. The van der Waals surface area contributed by atoms with Crippen LogP contribution in [0.2, 0.25) is 0 Å². The first kappa shape index (κ1) is 11.9. The fourth-order valence-corrected chi connectivity index (χ4v) is 2.84.